The number of imide groups is 1. The molecule has 0 bridgehead atoms. The summed E-state index contributed by atoms with van der Waals surface area (Å²) in [6.07, 6.45) is -0.000144. The van der Waals surface area contributed by atoms with Gasteiger partial charge in [0, 0.05) is 0 Å². The zero-order chi connectivity index (χ0) is 24.4. The molecule has 3 aromatic carbocycles. The topological polar surface area (TPSA) is 72.9 Å². The van der Waals surface area contributed by atoms with Crippen LogP contribution in [0.1, 0.15) is 38.8 Å². The summed E-state index contributed by atoms with van der Waals surface area (Å²) in [5.74, 6) is -2.00. The first-order valence-corrected chi connectivity index (χ1v) is 11.1. The fourth-order valence-corrected chi connectivity index (χ4v) is 4.17. The monoisotopic (exact) mass is 501 g/mol. The van der Waals surface area contributed by atoms with Gasteiger partial charge in [-0.15, -0.1) is 0 Å². The first kappa shape index (κ1) is 23.7. The average Bonchev–Trinajstić information content (AvgIpc) is 3.05. The number of hydrogen-bond donors (Lipinski definition) is 0. The number of amides is 2. The molecule has 1 aliphatic heterocycles. The van der Waals surface area contributed by atoms with E-state index in [2.05, 4.69) is 0 Å². The predicted molar refractivity (Wildman–Crippen MR) is 125 cm³/mol. The molecule has 34 heavy (non-hydrogen) atoms. The maximum absolute atomic E-state index is 13.5. The Morgan fingerprint density at radius 3 is 2.41 bits per heavy atom. The molecular formula is C25H18Cl2FNO5. The highest BCUT2D eigenvalue weighted by atomic mass is 35.5. The number of nitrogens with zero attached hydrogens (tertiary/aromatic N) is 1. The number of rotatable bonds is 7. The highest BCUT2D eigenvalue weighted by Crippen LogP contribution is 2.40. The minimum Gasteiger partial charge on any atom is -0.488 e. The Hall–Kier alpha value is -3.42. The highest BCUT2D eigenvalue weighted by molar-refractivity contribution is 6.44. The van der Waals surface area contributed by atoms with E-state index in [-0.39, 0.29) is 52.2 Å². The molecule has 0 saturated heterocycles. The summed E-state index contributed by atoms with van der Waals surface area (Å²) in [5.41, 5.74) is 1.27. The minimum atomic E-state index is -0.656. The maximum Gasteiger partial charge on any atom is 0.310 e. The molecule has 0 fully saturated rings. The average molecular weight is 502 g/mol. The molecule has 3 aromatic rings. The van der Waals surface area contributed by atoms with Crippen molar-refractivity contribution in [2.24, 2.45) is 0 Å². The number of fused-ring (bicyclic) bond motifs is 1. The quantitative estimate of drug-likeness (QED) is 0.310. The van der Waals surface area contributed by atoms with Crippen molar-refractivity contribution < 1.29 is 28.2 Å². The number of ether oxygens (including phenoxy) is 2. The Morgan fingerprint density at radius 2 is 1.71 bits per heavy atom. The van der Waals surface area contributed by atoms with Crippen molar-refractivity contribution in [1.82, 2.24) is 0 Å². The van der Waals surface area contributed by atoms with Crippen LogP contribution in [0.2, 0.25) is 10.0 Å². The first-order valence-electron chi connectivity index (χ1n) is 10.3. The van der Waals surface area contributed by atoms with Gasteiger partial charge in [0.15, 0.2) is 0 Å². The molecule has 0 atom stereocenters. The molecule has 0 aromatic heterocycles. The van der Waals surface area contributed by atoms with Crippen molar-refractivity contribution in [2.75, 3.05) is 11.5 Å². The smallest absolute Gasteiger partial charge is 0.310 e. The largest absolute Gasteiger partial charge is 0.488 e. The second kappa shape index (κ2) is 9.83. The van der Waals surface area contributed by atoms with E-state index < -0.39 is 23.6 Å². The zero-order valence-electron chi connectivity index (χ0n) is 17.9. The highest BCUT2D eigenvalue weighted by Gasteiger charge is 2.42. The van der Waals surface area contributed by atoms with E-state index in [4.69, 9.17) is 32.7 Å². The van der Waals surface area contributed by atoms with Crippen LogP contribution in [0.4, 0.5) is 10.1 Å². The first-order chi connectivity index (χ1) is 16.3. The van der Waals surface area contributed by atoms with Gasteiger partial charge in [-0.2, -0.15) is 0 Å². The Kier molecular flexibility index (Phi) is 6.86. The number of anilines is 1. The molecule has 0 spiro atoms. The second-order valence-corrected chi connectivity index (χ2v) is 8.24. The second-order valence-electron chi connectivity index (χ2n) is 7.43. The van der Waals surface area contributed by atoms with Gasteiger partial charge in [0.2, 0.25) is 0 Å². The Balaban J connectivity index is 1.63. The summed E-state index contributed by atoms with van der Waals surface area (Å²) in [5, 5.41) is 0.193. The van der Waals surface area contributed by atoms with Gasteiger partial charge in [0.25, 0.3) is 11.8 Å². The number of benzene rings is 3. The van der Waals surface area contributed by atoms with Gasteiger partial charge in [-0.05, 0) is 54.4 Å². The van der Waals surface area contributed by atoms with Crippen molar-refractivity contribution in [1.29, 1.82) is 0 Å². The van der Waals surface area contributed by atoms with Gasteiger partial charge in [0.1, 0.15) is 18.2 Å². The summed E-state index contributed by atoms with van der Waals surface area (Å²) in [4.78, 5) is 39.2. The molecule has 6 nitrogen and oxygen atoms in total. The van der Waals surface area contributed by atoms with Crippen molar-refractivity contribution in [3.05, 3.63) is 92.7 Å². The van der Waals surface area contributed by atoms with Crippen LogP contribution in [-0.2, 0) is 22.6 Å². The molecule has 0 N–H and O–H groups in total. The third-order valence-corrected chi connectivity index (χ3v) is 5.76. The van der Waals surface area contributed by atoms with Gasteiger partial charge >= 0.3 is 5.97 Å². The van der Waals surface area contributed by atoms with Crippen molar-refractivity contribution in [2.45, 2.75) is 20.0 Å². The molecule has 174 valence electrons. The van der Waals surface area contributed by atoms with Gasteiger partial charge in [-0.1, -0.05) is 41.4 Å². The van der Waals surface area contributed by atoms with Crippen LogP contribution >= 0.6 is 23.2 Å². The molecule has 0 saturated carbocycles. The Morgan fingerprint density at radius 1 is 0.941 bits per heavy atom. The summed E-state index contributed by atoms with van der Waals surface area (Å²) in [7, 11) is 0. The number of halogens is 3. The van der Waals surface area contributed by atoms with Crippen LogP contribution in [0.15, 0.2) is 54.6 Å². The molecule has 4 rings (SSSR count). The lowest BCUT2D eigenvalue weighted by atomic mass is 10.1. The summed E-state index contributed by atoms with van der Waals surface area (Å²) < 4.78 is 24.2. The SMILES string of the molecule is CCOC(=O)Cc1ccc(N2C(=O)c3c(Cl)ccc(OCc4cccc(F)c4)c3C2=O)c(Cl)c1. The van der Waals surface area contributed by atoms with Gasteiger partial charge in [-0.25, -0.2) is 9.29 Å². The Bertz CT molecular complexity index is 1310. The summed E-state index contributed by atoms with van der Waals surface area (Å²) in [6.45, 7) is 1.94. The fraction of sp³-hybridized carbons (Fsp3) is 0.160. The molecule has 0 unspecified atom stereocenters. The van der Waals surface area contributed by atoms with E-state index >= 15 is 0 Å². The summed E-state index contributed by atoms with van der Waals surface area (Å²) in [6, 6.07) is 13.4. The van der Waals surface area contributed by atoms with Gasteiger partial charge in [-0.3, -0.25) is 14.4 Å². The van der Waals surface area contributed by atoms with E-state index in [0.717, 1.165) is 4.90 Å². The number of carbonyl (C=O) groups is 3. The van der Waals surface area contributed by atoms with E-state index in [1.165, 1.54) is 36.4 Å². The number of hydrogen-bond acceptors (Lipinski definition) is 5. The maximum atomic E-state index is 13.5. The van der Waals surface area contributed by atoms with Crippen molar-refractivity contribution in [3.8, 4) is 5.75 Å². The molecule has 0 aliphatic carbocycles. The van der Waals surface area contributed by atoms with Gasteiger partial charge in [0.05, 0.1) is 39.9 Å². The van der Waals surface area contributed by atoms with Crippen LogP contribution in [0.3, 0.4) is 0 Å². The van der Waals surface area contributed by atoms with Crippen LogP contribution < -0.4 is 9.64 Å². The minimum absolute atomic E-state index is 0.000144. The molecular weight excluding hydrogens is 484 g/mol. The summed E-state index contributed by atoms with van der Waals surface area (Å²) >= 11 is 12.6. The van der Waals surface area contributed by atoms with Crippen molar-refractivity contribution >= 4 is 46.7 Å². The molecule has 9 heteroatoms. The normalized spacial score (nSPS) is 12.6. The van der Waals surface area contributed by atoms with E-state index in [1.54, 1.807) is 25.1 Å². The standard InChI is InChI=1S/C25H18Cl2FNO5/c1-2-33-21(30)12-14-6-8-19(18(27)11-14)29-24(31)22-17(26)7-9-20(23(22)25(29)32)34-13-15-4-3-5-16(28)10-15/h3-11H,2,12-13H2,1H3. The number of esters is 1. The van der Waals surface area contributed by atoms with Crippen molar-refractivity contribution in [3.63, 3.8) is 0 Å². The third kappa shape index (κ3) is 4.62. The predicted octanol–water partition coefficient (Wildman–Crippen LogP) is 5.62. The van der Waals surface area contributed by atoms with E-state index in [1.807, 2.05) is 0 Å². The third-order valence-electron chi connectivity index (χ3n) is 5.14. The lowest BCUT2D eigenvalue weighted by Gasteiger charge is -2.16. The zero-order valence-corrected chi connectivity index (χ0v) is 19.5. The molecule has 1 aliphatic rings. The molecule has 1 heterocycles. The van der Waals surface area contributed by atoms with E-state index in [9.17, 15) is 18.8 Å². The molecule has 2 amide bonds. The molecule has 0 radical (unpaired) electrons. The lowest BCUT2D eigenvalue weighted by molar-refractivity contribution is -0.142. The van der Waals surface area contributed by atoms with Gasteiger partial charge < -0.3 is 9.47 Å². The van der Waals surface area contributed by atoms with Crippen LogP contribution in [0.25, 0.3) is 0 Å². The van der Waals surface area contributed by atoms with E-state index in [0.29, 0.717) is 11.1 Å². The van der Waals surface area contributed by atoms with Crippen LogP contribution in [0.5, 0.6) is 5.75 Å². The number of carbonyl (C=O) groups excluding carboxylic acids is 3. The van der Waals surface area contributed by atoms with Crippen LogP contribution in [0, 0.1) is 5.82 Å². The Labute approximate surface area is 204 Å². The lowest BCUT2D eigenvalue weighted by Crippen LogP contribution is -2.29. The fourth-order valence-electron chi connectivity index (χ4n) is 3.64. The van der Waals surface area contributed by atoms with Crippen LogP contribution in [-0.4, -0.2) is 24.4 Å².